The molecule has 1 aromatic carbocycles. The fraction of sp³-hybridized carbons (Fsp3) is 0.455. The van der Waals surface area contributed by atoms with Gasteiger partial charge in [-0.15, -0.1) is 0 Å². The Balaban J connectivity index is 1.44. The van der Waals surface area contributed by atoms with E-state index in [0.717, 1.165) is 68.3 Å². The molecule has 0 N–H and O–H groups in total. The van der Waals surface area contributed by atoms with Gasteiger partial charge in [-0.3, -0.25) is 0 Å². The van der Waals surface area contributed by atoms with E-state index in [2.05, 4.69) is 17.0 Å². The average Bonchev–Trinajstić information content (AvgIpc) is 3.23. The van der Waals surface area contributed by atoms with Gasteiger partial charge in [-0.2, -0.15) is 0 Å². The Hall–Kier alpha value is -2.60. The van der Waals surface area contributed by atoms with E-state index >= 15 is 0 Å². The van der Waals surface area contributed by atoms with Gasteiger partial charge in [0, 0.05) is 25.3 Å². The third-order valence-electron chi connectivity index (χ3n) is 5.50. The van der Waals surface area contributed by atoms with E-state index in [0.29, 0.717) is 6.61 Å². The maximum atomic E-state index is 12.7. The Morgan fingerprint density at radius 1 is 1.14 bits per heavy atom. The van der Waals surface area contributed by atoms with E-state index in [4.69, 9.17) is 14.5 Å². The van der Waals surface area contributed by atoms with Crippen LogP contribution in [0.15, 0.2) is 42.5 Å². The second-order valence-electron chi connectivity index (χ2n) is 7.34. The summed E-state index contributed by atoms with van der Waals surface area (Å²) in [6, 6.07) is 14.0. The smallest absolute Gasteiger partial charge is 0.410 e. The minimum Gasteiger partial charge on any atom is -0.445 e. The fourth-order valence-corrected chi connectivity index (χ4v) is 3.99. The number of aryl methyl sites for hydroxylation is 1. The van der Waals surface area contributed by atoms with E-state index in [1.54, 1.807) is 0 Å². The number of benzene rings is 1. The molecule has 0 radical (unpaired) electrons. The molecule has 0 bridgehead atoms. The summed E-state index contributed by atoms with van der Waals surface area (Å²) in [7, 11) is 0. The number of nitrogens with zero attached hydrogens (tertiary/aromatic N) is 3. The molecule has 6 heteroatoms. The molecular weight excluding hydrogens is 354 g/mol. The summed E-state index contributed by atoms with van der Waals surface area (Å²) in [6.07, 6.45) is 1.68. The number of pyridine rings is 1. The third-order valence-corrected chi connectivity index (χ3v) is 5.50. The predicted molar refractivity (Wildman–Crippen MR) is 107 cm³/mol. The van der Waals surface area contributed by atoms with Gasteiger partial charge in [-0.05, 0) is 37.0 Å². The maximum Gasteiger partial charge on any atom is 0.410 e. The first-order valence-corrected chi connectivity index (χ1v) is 10.00. The van der Waals surface area contributed by atoms with Crippen molar-refractivity contribution in [1.29, 1.82) is 0 Å². The minimum atomic E-state index is -0.247. The standard InChI is InChI=1S/C22H27N3O3/c1-17-19(9-10-21(23-17)24-12-14-27-15-13-24)20-8-5-11-25(20)22(26)28-16-18-6-3-2-4-7-18/h2-4,6-7,9-10,20H,5,8,11-16H2,1H3/t20-/m1/s1. The van der Waals surface area contributed by atoms with Crippen molar-refractivity contribution in [1.82, 2.24) is 9.88 Å². The zero-order valence-corrected chi connectivity index (χ0v) is 16.3. The van der Waals surface area contributed by atoms with Crippen molar-refractivity contribution >= 4 is 11.9 Å². The molecule has 1 amide bonds. The number of amides is 1. The maximum absolute atomic E-state index is 12.7. The van der Waals surface area contributed by atoms with E-state index < -0.39 is 0 Å². The highest BCUT2D eigenvalue weighted by Gasteiger charge is 2.32. The van der Waals surface area contributed by atoms with Gasteiger partial charge >= 0.3 is 6.09 Å². The fourth-order valence-electron chi connectivity index (χ4n) is 3.99. The lowest BCUT2D eigenvalue weighted by molar-refractivity contribution is 0.0919. The first kappa shape index (κ1) is 18.7. The first-order valence-electron chi connectivity index (χ1n) is 10.00. The molecule has 2 fully saturated rings. The molecule has 2 aliphatic rings. The Bertz CT molecular complexity index is 806. The minimum absolute atomic E-state index is 0.0366. The molecule has 1 atom stereocenters. The van der Waals surface area contributed by atoms with Crippen LogP contribution in [0, 0.1) is 6.92 Å². The van der Waals surface area contributed by atoms with Crippen molar-refractivity contribution in [3.63, 3.8) is 0 Å². The Labute approximate surface area is 166 Å². The lowest BCUT2D eigenvalue weighted by Crippen LogP contribution is -2.37. The molecule has 0 unspecified atom stereocenters. The van der Waals surface area contributed by atoms with Gasteiger partial charge in [-0.25, -0.2) is 9.78 Å². The summed E-state index contributed by atoms with van der Waals surface area (Å²) in [5.41, 5.74) is 3.10. The normalized spacial score (nSPS) is 19.7. The highest BCUT2D eigenvalue weighted by molar-refractivity contribution is 5.69. The van der Waals surface area contributed by atoms with Crippen molar-refractivity contribution in [2.24, 2.45) is 0 Å². The highest BCUT2D eigenvalue weighted by atomic mass is 16.6. The number of hydrogen-bond donors (Lipinski definition) is 0. The van der Waals surface area contributed by atoms with Gasteiger partial charge in [0.2, 0.25) is 0 Å². The molecule has 0 spiro atoms. The summed E-state index contributed by atoms with van der Waals surface area (Å²) in [6.45, 7) is 6.28. The van der Waals surface area contributed by atoms with Crippen molar-refractivity contribution in [2.75, 3.05) is 37.7 Å². The summed E-state index contributed by atoms with van der Waals surface area (Å²) < 4.78 is 11.0. The number of aromatic nitrogens is 1. The molecule has 2 aromatic rings. The number of anilines is 1. The van der Waals surface area contributed by atoms with E-state index in [-0.39, 0.29) is 12.1 Å². The second-order valence-corrected chi connectivity index (χ2v) is 7.34. The van der Waals surface area contributed by atoms with Crippen LogP contribution in [-0.2, 0) is 16.1 Å². The van der Waals surface area contributed by atoms with Crippen LogP contribution in [0.1, 0.15) is 35.7 Å². The highest BCUT2D eigenvalue weighted by Crippen LogP contribution is 2.34. The number of carbonyl (C=O) groups is 1. The molecule has 0 saturated carbocycles. The molecule has 2 aliphatic heterocycles. The van der Waals surface area contributed by atoms with Crippen LogP contribution in [-0.4, -0.2) is 48.8 Å². The number of ether oxygens (including phenoxy) is 2. The number of hydrogen-bond acceptors (Lipinski definition) is 5. The quantitative estimate of drug-likeness (QED) is 0.808. The number of likely N-dealkylation sites (tertiary alicyclic amines) is 1. The van der Waals surface area contributed by atoms with Crippen LogP contribution in [0.5, 0.6) is 0 Å². The van der Waals surface area contributed by atoms with Crippen molar-refractivity contribution < 1.29 is 14.3 Å². The van der Waals surface area contributed by atoms with Crippen LogP contribution in [0.3, 0.4) is 0 Å². The van der Waals surface area contributed by atoms with Gasteiger partial charge < -0.3 is 19.3 Å². The van der Waals surface area contributed by atoms with Crippen LogP contribution >= 0.6 is 0 Å². The topological polar surface area (TPSA) is 54.9 Å². The second kappa shape index (κ2) is 8.61. The zero-order chi connectivity index (χ0) is 19.3. The molecule has 6 nitrogen and oxygen atoms in total. The third kappa shape index (κ3) is 4.12. The van der Waals surface area contributed by atoms with Crippen LogP contribution < -0.4 is 4.90 Å². The van der Waals surface area contributed by atoms with Crippen LogP contribution in [0.2, 0.25) is 0 Å². The average molecular weight is 381 g/mol. The lowest BCUT2D eigenvalue weighted by Gasteiger charge is -2.29. The Morgan fingerprint density at radius 3 is 2.68 bits per heavy atom. The summed E-state index contributed by atoms with van der Waals surface area (Å²) >= 11 is 0. The van der Waals surface area contributed by atoms with Gasteiger partial charge in [0.15, 0.2) is 0 Å². The molecule has 148 valence electrons. The van der Waals surface area contributed by atoms with Crippen LogP contribution in [0.4, 0.5) is 10.6 Å². The lowest BCUT2D eigenvalue weighted by atomic mass is 10.0. The number of rotatable bonds is 4. The van der Waals surface area contributed by atoms with Crippen LogP contribution in [0.25, 0.3) is 0 Å². The summed E-state index contributed by atoms with van der Waals surface area (Å²) in [4.78, 5) is 21.6. The summed E-state index contributed by atoms with van der Waals surface area (Å²) in [5, 5.41) is 0. The Morgan fingerprint density at radius 2 is 1.93 bits per heavy atom. The molecule has 28 heavy (non-hydrogen) atoms. The van der Waals surface area contributed by atoms with Gasteiger partial charge in [-0.1, -0.05) is 36.4 Å². The molecule has 0 aliphatic carbocycles. The van der Waals surface area contributed by atoms with Crippen molar-refractivity contribution in [3.05, 3.63) is 59.3 Å². The molecule has 4 rings (SSSR count). The van der Waals surface area contributed by atoms with E-state index in [1.807, 2.05) is 42.2 Å². The van der Waals surface area contributed by atoms with Gasteiger partial charge in [0.1, 0.15) is 12.4 Å². The van der Waals surface area contributed by atoms with Crippen molar-refractivity contribution in [3.8, 4) is 0 Å². The largest absolute Gasteiger partial charge is 0.445 e. The first-order chi connectivity index (χ1) is 13.7. The van der Waals surface area contributed by atoms with Gasteiger partial charge in [0.05, 0.1) is 19.3 Å². The SMILES string of the molecule is Cc1nc(N2CCOCC2)ccc1[C@H]1CCCN1C(=O)OCc1ccccc1. The molecular formula is C22H27N3O3. The zero-order valence-electron chi connectivity index (χ0n) is 16.3. The summed E-state index contributed by atoms with van der Waals surface area (Å²) in [5.74, 6) is 0.987. The number of carbonyl (C=O) groups excluding carboxylic acids is 1. The van der Waals surface area contributed by atoms with Gasteiger partial charge in [0.25, 0.3) is 0 Å². The monoisotopic (exact) mass is 381 g/mol. The molecule has 2 saturated heterocycles. The predicted octanol–water partition coefficient (Wildman–Crippen LogP) is 3.70. The Kier molecular flexibility index (Phi) is 5.76. The van der Waals surface area contributed by atoms with E-state index in [9.17, 15) is 4.79 Å². The van der Waals surface area contributed by atoms with Crippen molar-refractivity contribution in [2.45, 2.75) is 32.4 Å². The van der Waals surface area contributed by atoms with E-state index in [1.165, 1.54) is 0 Å². The molecule has 3 heterocycles. The molecule has 1 aromatic heterocycles. The number of morpholine rings is 1.